The Kier molecular flexibility index (Phi) is 6.04. The molecular weight excluding hydrogens is 368 g/mol. The molecule has 0 unspecified atom stereocenters. The van der Waals surface area contributed by atoms with Crippen molar-refractivity contribution in [3.8, 4) is 11.5 Å². The number of carbonyl (C=O) groups excluding carboxylic acids is 1. The van der Waals surface area contributed by atoms with Crippen molar-refractivity contribution >= 4 is 22.9 Å². The molecule has 0 aliphatic heterocycles. The standard InChI is InChI=1S/C23H24N2O2S/c26-23(14-15-25(18-12-13-18)17-20-9-6-16-28-20)24-21-10-4-5-11-22(21)27-19-7-2-1-3-8-19/h1-11,16,18H,12-15,17H2,(H,24,26). The lowest BCUT2D eigenvalue weighted by molar-refractivity contribution is -0.116. The summed E-state index contributed by atoms with van der Waals surface area (Å²) in [6.45, 7) is 1.71. The van der Waals surface area contributed by atoms with Gasteiger partial charge in [0.2, 0.25) is 5.91 Å². The molecule has 4 rings (SSSR count). The molecule has 2 aromatic carbocycles. The van der Waals surface area contributed by atoms with Crippen LogP contribution in [0.15, 0.2) is 72.1 Å². The molecule has 1 heterocycles. The number of nitrogens with zero attached hydrogens (tertiary/aromatic N) is 1. The molecule has 0 radical (unpaired) electrons. The molecule has 1 N–H and O–H groups in total. The monoisotopic (exact) mass is 392 g/mol. The van der Waals surface area contributed by atoms with Crippen LogP contribution in [0.4, 0.5) is 5.69 Å². The molecule has 5 heteroatoms. The van der Waals surface area contributed by atoms with E-state index in [1.54, 1.807) is 11.3 Å². The first-order valence-electron chi connectivity index (χ1n) is 9.66. The zero-order chi connectivity index (χ0) is 19.2. The highest BCUT2D eigenvalue weighted by molar-refractivity contribution is 7.09. The predicted octanol–water partition coefficient (Wildman–Crippen LogP) is 5.53. The van der Waals surface area contributed by atoms with Crippen LogP contribution < -0.4 is 10.1 Å². The van der Waals surface area contributed by atoms with Gasteiger partial charge in [0.15, 0.2) is 5.75 Å². The van der Waals surface area contributed by atoms with Crippen LogP contribution in [-0.4, -0.2) is 23.4 Å². The third-order valence-electron chi connectivity index (χ3n) is 4.76. The average Bonchev–Trinajstić information content (AvgIpc) is 3.44. The molecule has 0 bridgehead atoms. The first kappa shape index (κ1) is 18.7. The first-order valence-corrected chi connectivity index (χ1v) is 10.5. The number of amides is 1. The van der Waals surface area contributed by atoms with Gasteiger partial charge in [-0.2, -0.15) is 0 Å². The molecule has 1 amide bonds. The van der Waals surface area contributed by atoms with E-state index in [0.717, 1.165) is 18.8 Å². The van der Waals surface area contributed by atoms with E-state index >= 15 is 0 Å². The van der Waals surface area contributed by atoms with Crippen LogP contribution in [0.5, 0.6) is 11.5 Å². The van der Waals surface area contributed by atoms with Crippen LogP contribution in [0.3, 0.4) is 0 Å². The lowest BCUT2D eigenvalue weighted by Crippen LogP contribution is -2.29. The minimum absolute atomic E-state index is 0.0148. The summed E-state index contributed by atoms with van der Waals surface area (Å²) in [4.78, 5) is 16.4. The number of hydrogen-bond donors (Lipinski definition) is 1. The molecule has 1 aliphatic carbocycles. The van der Waals surface area contributed by atoms with Crippen LogP contribution in [0.1, 0.15) is 24.1 Å². The van der Waals surface area contributed by atoms with Crippen molar-refractivity contribution in [2.24, 2.45) is 0 Å². The van der Waals surface area contributed by atoms with Gasteiger partial charge in [0.25, 0.3) is 0 Å². The normalized spacial score (nSPS) is 13.5. The highest BCUT2D eigenvalue weighted by atomic mass is 32.1. The van der Waals surface area contributed by atoms with Gasteiger partial charge in [-0.3, -0.25) is 9.69 Å². The Morgan fingerprint density at radius 2 is 1.82 bits per heavy atom. The second kappa shape index (κ2) is 9.04. The number of carbonyl (C=O) groups is 1. The predicted molar refractivity (Wildman–Crippen MR) is 114 cm³/mol. The Morgan fingerprint density at radius 3 is 2.57 bits per heavy atom. The number of nitrogens with one attached hydrogen (secondary N) is 1. The Bertz CT molecular complexity index is 892. The highest BCUT2D eigenvalue weighted by Gasteiger charge is 2.29. The van der Waals surface area contributed by atoms with Crippen LogP contribution in [0.25, 0.3) is 0 Å². The zero-order valence-corrected chi connectivity index (χ0v) is 16.5. The molecular formula is C23H24N2O2S. The topological polar surface area (TPSA) is 41.6 Å². The van der Waals surface area contributed by atoms with Gasteiger partial charge >= 0.3 is 0 Å². The summed E-state index contributed by atoms with van der Waals surface area (Å²) in [5, 5.41) is 5.12. The number of hydrogen-bond acceptors (Lipinski definition) is 4. The zero-order valence-electron chi connectivity index (χ0n) is 15.7. The summed E-state index contributed by atoms with van der Waals surface area (Å²) >= 11 is 1.78. The fraction of sp³-hybridized carbons (Fsp3) is 0.261. The van der Waals surface area contributed by atoms with E-state index in [1.165, 1.54) is 17.7 Å². The molecule has 28 heavy (non-hydrogen) atoms. The van der Waals surface area contributed by atoms with E-state index in [9.17, 15) is 4.79 Å². The van der Waals surface area contributed by atoms with Crippen molar-refractivity contribution in [3.05, 3.63) is 77.0 Å². The van der Waals surface area contributed by atoms with Gasteiger partial charge in [-0.15, -0.1) is 11.3 Å². The molecule has 1 saturated carbocycles. The lowest BCUT2D eigenvalue weighted by Gasteiger charge is -2.21. The summed E-state index contributed by atoms with van der Waals surface area (Å²) in [6, 6.07) is 22.0. The van der Waals surface area contributed by atoms with E-state index in [0.29, 0.717) is 23.9 Å². The largest absolute Gasteiger partial charge is 0.455 e. The molecule has 0 spiro atoms. The Hall–Kier alpha value is -2.63. The van der Waals surface area contributed by atoms with E-state index in [2.05, 4.69) is 27.7 Å². The molecule has 4 nitrogen and oxygen atoms in total. The average molecular weight is 393 g/mol. The Balaban J connectivity index is 1.34. The van der Waals surface area contributed by atoms with Crippen molar-refractivity contribution < 1.29 is 9.53 Å². The van der Waals surface area contributed by atoms with E-state index in [4.69, 9.17) is 4.74 Å². The van der Waals surface area contributed by atoms with Crippen molar-refractivity contribution in [1.29, 1.82) is 0 Å². The van der Waals surface area contributed by atoms with E-state index in [-0.39, 0.29) is 5.91 Å². The number of para-hydroxylation sites is 3. The molecule has 0 saturated heterocycles. The quantitative estimate of drug-likeness (QED) is 0.520. The SMILES string of the molecule is O=C(CCN(Cc1cccs1)C1CC1)Nc1ccccc1Oc1ccccc1. The van der Waals surface area contributed by atoms with Gasteiger partial charge in [0.05, 0.1) is 5.69 Å². The van der Waals surface area contributed by atoms with Crippen LogP contribution in [-0.2, 0) is 11.3 Å². The first-order chi connectivity index (χ1) is 13.8. The fourth-order valence-electron chi connectivity index (χ4n) is 3.17. The second-order valence-corrected chi connectivity index (χ2v) is 8.02. The van der Waals surface area contributed by atoms with E-state index < -0.39 is 0 Å². The fourth-order valence-corrected chi connectivity index (χ4v) is 3.89. The number of anilines is 1. The second-order valence-electron chi connectivity index (χ2n) is 6.99. The van der Waals surface area contributed by atoms with Crippen molar-refractivity contribution in [2.75, 3.05) is 11.9 Å². The third kappa shape index (κ3) is 5.21. The summed E-state index contributed by atoms with van der Waals surface area (Å²) in [5.41, 5.74) is 0.701. The molecule has 1 aromatic heterocycles. The summed E-state index contributed by atoms with van der Waals surface area (Å²) in [5.74, 6) is 1.42. The van der Waals surface area contributed by atoms with Gasteiger partial charge in [0.1, 0.15) is 5.75 Å². The van der Waals surface area contributed by atoms with Gasteiger partial charge in [-0.05, 0) is 48.6 Å². The van der Waals surface area contributed by atoms with Crippen molar-refractivity contribution in [3.63, 3.8) is 0 Å². The molecule has 1 fully saturated rings. The lowest BCUT2D eigenvalue weighted by atomic mass is 10.2. The molecule has 144 valence electrons. The van der Waals surface area contributed by atoms with Gasteiger partial charge in [0, 0.05) is 30.4 Å². The maximum atomic E-state index is 12.6. The number of ether oxygens (including phenoxy) is 1. The summed E-state index contributed by atoms with van der Waals surface area (Å²) in [6.07, 6.45) is 2.95. The molecule has 3 aromatic rings. The van der Waals surface area contributed by atoms with Crippen LogP contribution in [0.2, 0.25) is 0 Å². The molecule has 0 atom stereocenters. The van der Waals surface area contributed by atoms with Crippen LogP contribution in [0, 0.1) is 0 Å². The van der Waals surface area contributed by atoms with Gasteiger partial charge in [-0.25, -0.2) is 0 Å². The van der Waals surface area contributed by atoms with Gasteiger partial charge < -0.3 is 10.1 Å². The number of rotatable bonds is 9. The molecule has 1 aliphatic rings. The minimum atomic E-state index is 0.0148. The maximum absolute atomic E-state index is 12.6. The smallest absolute Gasteiger partial charge is 0.225 e. The van der Waals surface area contributed by atoms with E-state index in [1.807, 2.05) is 54.6 Å². The van der Waals surface area contributed by atoms with Gasteiger partial charge in [-0.1, -0.05) is 36.4 Å². The summed E-state index contributed by atoms with van der Waals surface area (Å²) < 4.78 is 5.93. The number of thiophene rings is 1. The highest BCUT2D eigenvalue weighted by Crippen LogP contribution is 2.31. The van der Waals surface area contributed by atoms with Crippen molar-refractivity contribution in [1.82, 2.24) is 4.90 Å². The summed E-state index contributed by atoms with van der Waals surface area (Å²) in [7, 11) is 0. The number of benzene rings is 2. The Labute approximate surface area is 169 Å². The Morgan fingerprint density at radius 1 is 1.04 bits per heavy atom. The third-order valence-corrected chi connectivity index (χ3v) is 5.62. The van der Waals surface area contributed by atoms with Crippen LogP contribution >= 0.6 is 11.3 Å². The van der Waals surface area contributed by atoms with Crippen molar-refractivity contribution in [2.45, 2.75) is 31.8 Å². The minimum Gasteiger partial charge on any atom is -0.455 e. The maximum Gasteiger partial charge on any atom is 0.225 e.